The summed E-state index contributed by atoms with van der Waals surface area (Å²) >= 11 is 1.82. The summed E-state index contributed by atoms with van der Waals surface area (Å²) in [6.07, 6.45) is 0.682. The lowest BCUT2D eigenvalue weighted by molar-refractivity contribution is 0.0978. The minimum Gasteiger partial charge on any atom is -0.294 e. The third-order valence-electron chi connectivity index (χ3n) is 2.30. The van der Waals surface area contributed by atoms with Crippen LogP contribution in [0.15, 0.2) is 23.1 Å². The van der Waals surface area contributed by atoms with Crippen LogP contribution in [-0.2, 0) is 0 Å². The molecule has 68 valence electrons. The fraction of sp³-hybridized carbons (Fsp3) is 0.364. The van der Waals surface area contributed by atoms with E-state index in [1.807, 2.05) is 23.9 Å². The molecule has 0 unspecified atom stereocenters. The van der Waals surface area contributed by atoms with E-state index in [1.54, 1.807) is 0 Å². The van der Waals surface area contributed by atoms with E-state index in [0.717, 1.165) is 5.56 Å². The number of carbonyl (C=O) groups is 1. The van der Waals surface area contributed by atoms with E-state index >= 15 is 0 Å². The highest BCUT2D eigenvalue weighted by Crippen LogP contribution is 2.36. The van der Waals surface area contributed by atoms with Gasteiger partial charge in [0.05, 0.1) is 0 Å². The van der Waals surface area contributed by atoms with Crippen molar-refractivity contribution in [3.63, 3.8) is 0 Å². The second-order valence-corrected chi connectivity index (χ2v) is 4.96. The maximum Gasteiger partial charge on any atom is 0.165 e. The number of hydrogen-bond acceptors (Lipinski definition) is 2. The van der Waals surface area contributed by atoms with Gasteiger partial charge >= 0.3 is 0 Å². The van der Waals surface area contributed by atoms with Crippen molar-refractivity contribution in [3.05, 3.63) is 29.3 Å². The minimum absolute atomic E-state index is 0.296. The molecule has 0 aliphatic carbocycles. The molecular weight excluding hydrogens is 180 g/mol. The van der Waals surface area contributed by atoms with Crippen LogP contribution < -0.4 is 0 Å². The first-order valence-electron chi connectivity index (χ1n) is 4.48. The Morgan fingerprint density at radius 1 is 1.46 bits per heavy atom. The third-order valence-corrected chi connectivity index (χ3v) is 3.65. The highest BCUT2D eigenvalue weighted by atomic mass is 32.2. The van der Waals surface area contributed by atoms with Gasteiger partial charge in [-0.1, -0.05) is 25.1 Å². The van der Waals surface area contributed by atoms with Crippen molar-refractivity contribution in [2.45, 2.75) is 30.4 Å². The summed E-state index contributed by atoms with van der Waals surface area (Å²) in [4.78, 5) is 12.8. The molecule has 0 bridgehead atoms. The highest BCUT2D eigenvalue weighted by Gasteiger charge is 2.23. The van der Waals surface area contributed by atoms with Crippen LogP contribution in [0.25, 0.3) is 0 Å². The van der Waals surface area contributed by atoms with Crippen molar-refractivity contribution in [1.82, 2.24) is 0 Å². The SMILES string of the molecule is Cc1cccc2c1S[C@H](C)CC2=O. The second kappa shape index (κ2) is 3.18. The van der Waals surface area contributed by atoms with Crippen molar-refractivity contribution in [2.75, 3.05) is 0 Å². The molecular formula is C11H12OS. The zero-order valence-electron chi connectivity index (χ0n) is 7.83. The van der Waals surface area contributed by atoms with Crippen LogP contribution in [0, 0.1) is 6.92 Å². The summed E-state index contributed by atoms with van der Waals surface area (Å²) < 4.78 is 0. The maximum absolute atomic E-state index is 11.6. The standard InChI is InChI=1S/C11H12OS/c1-7-4-3-5-9-10(12)6-8(2)13-11(7)9/h3-5,8H,6H2,1-2H3/t8-/m1/s1. The molecule has 0 saturated heterocycles. The van der Waals surface area contributed by atoms with Crippen molar-refractivity contribution < 1.29 is 4.79 Å². The van der Waals surface area contributed by atoms with Gasteiger partial charge in [-0.3, -0.25) is 4.79 Å². The number of thioether (sulfide) groups is 1. The Hall–Kier alpha value is -0.760. The molecule has 0 spiro atoms. The molecule has 0 amide bonds. The van der Waals surface area contributed by atoms with Gasteiger partial charge in [-0.05, 0) is 12.5 Å². The normalized spacial score (nSPS) is 21.4. The number of Topliss-reactive ketones (excluding diaryl/α,β-unsaturated/α-hetero) is 1. The lowest BCUT2D eigenvalue weighted by Crippen LogP contribution is -2.15. The molecule has 13 heavy (non-hydrogen) atoms. The molecule has 1 aliphatic rings. The average molecular weight is 192 g/mol. The molecule has 0 aromatic heterocycles. The van der Waals surface area contributed by atoms with Gasteiger partial charge in [0.25, 0.3) is 0 Å². The minimum atomic E-state index is 0.296. The number of carbonyl (C=O) groups excluding carboxylic acids is 1. The molecule has 1 atom stereocenters. The van der Waals surface area contributed by atoms with Crippen LogP contribution in [-0.4, -0.2) is 11.0 Å². The monoisotopic (exact) mass is 192 g/mol. The molecule has 0 fully saturated rings. The van der Waals surface area contributed by atoms with Crippen molar-refractivity contribution in [3.8, 4) is 0 Å². The number of fused-ring (bicyclic) bond motifs is 1. The van der Waals surface area contributed by atoms with Crippen LogP contribution in [0.1, 0.15) is 29.3 Å². The zero-order chi connectivity index (χ0) is 9.42. The molecule has 0 radical (unpaired) electrons. The van der Waals surface area contributed by atoms with Crippen LogP contribution in [0.2, 0.25) is 0 Å². The third kappa shape index (κ3) is 1.51. The van der Waals surface area contributed by atoms with E-state index in [0.29, 0.717) is 17.5 Å². The molecule has 2 rings (SSSR count). The molecule has 1 aromatic rings. The van der Waals surface area contributed by atoms with Gasteiger partial charge in [0.1, 0.15) is 0 Å². The van der Waals surface area contributed by atoms with Crippen LogP contribution in [0.3, 0.4) is 0 Å². The van der Waals surface area contributed by atoms with Gasteiger partial charge in [-0.2, -0.15) is 0 Å². The Balaban J connectivity index is 2.55. The molecule has 1 aromatic carbocycles. The number of rotatable bonds is 0. The predicted octanol–water partition coefficient (Wildman–Crippen LogP) is 3.06. The number of aryl methyl sites for hydroxylation is 1. The van der Waals surface area contributed by atoms with Crippen molar-refractivity contribution in [2.24, 2.45) is 0 Å². The summed E-state index contributed by atoms with van der Waals surface area (Å²) in [6.45, 7) is 4.18. The summed E-state index contributed by atoms with van der Waals surface area (Å²) in [7, 11) is 0. The molecule has 1 aliphatic heterocycles. The maximum atomic E-state index is 11.6. The summed E-state index contributed by atoms with van der Waals surface area (Å²) in [5, 5.41) is 0.432. The number of ketones is 1. The average Bonchev–Trinajstić information content (AvgIpc) is 2.07. The molecule has 1 nitrogen and oxygen atoms in total. The number of benzene rings is 1. The first kappa shape index (κ1) is 8.82. The van der Waals surface area contributed by atoms with Gasteiger partial charge in [0.2, 0.25) is 0 Å². The van der Waals surface area contributed by atoms with Gasteiger partial charge < -0.3 is 0 Å². The Kier molecular flexibility index (Phi) is 2.16. The zero-order valence-corrected chi connectivity index (χ0v) is 8.65. The summed E-state index contributed by atoms with van der Waals surface area (Å²) in [6, 6.07) is 5.96. The van der Waals surface area contributed by atoms with Crippen molar-refractivity contribution in [1.29, 1.82) is 0 Å². The fourth-order valence-electron chi connectivity index (χ4n) is 1.64. The van der Waals surface area contributed by atoms with Crippen LogP contribution >= 0.6 is 11.8 Å². The largest absolute Gasteiger partial charge is 0.294 e. The van der Waals surface area contributed by atoms with E-state index < -0.39 is 0 Å². The first-order chi connectivity index (χ1) is 6.18. The van der Waals surface area contributed by atoms with Crippen molar-refractivity contribution >= 4 is 17.5 Å². The molecule has 1 heterocycles. The van der Waals surface area contributed by atoms with Crippen LogP contribution in [0.5, 0.6) is 0 Å². The Bertz CT molecular complexity index is 357. The highest BCUT2D eigenvalue weighted by molar-refractivity contribution is 8.00. The lowest BCUT2D eigenvalue weighted by Gasteiger charge is -2.21. The van der Waals surface area contributed by atoms with Crippen LogP contribution in [0.4, 0.5) is 0 Å². The van der Waals surface area contributed by atoms with E-state index in [9.17, 15) is 4.79 Å². The van der Waals surface area contributed by atoms with E-state index in [1.165, 1.54) is 10.5 Å². The molecule has 0 saturated carbocycles. The first-order valence-corrected chi connectivity index (χ1v) is 5.36. The quantitative estimate of drug-likeness (QED) is 0.628. The molecule has 2 heteroatoms. The Morgan fingerprint density at radius 3 is 3.00 bits per heavy atom. The van der Waals surface area contributed by atoms with E-state index in [2.05, 4.69) is 19.9 Å². The predicted molar refractivity (Wildman–Crippen MR) is 55.4 cm³/mol. The fourth-order valence-corrected chi connectivity index (χ4v) is 2.84. The second-order valence-electron chi connectivity index (χ2n) is 3.51. The number of hydrogen-bond donors (Lipinski definition) is 0. The van der Waals surface area contributed by atoms with E-state index in [4.69, 9.17) is 0 Å². The Morgan fingerprint density at radius 2 is 2.23 bits per heavy atom. The van der Waals surface area contributed by atoms with Gasteiger partial charge in [0.15, 0.2) is 5.78 Å². The van der Waals surface area contributed by atoms with Gasteiger partial charge in [-0.15, -0.1) is 11.8 Å². The van der Waals surface area contributed by atoms with E-state index in [-0.39, 0.29) is 0 Å². The molecule has 0 N–H and O–H groups in total. The topological polar surface area (TPSA) is 17.1 Å². The van der Waals surface area contributed by atoms with Gasteiger partial charge in [-0.25, -0.2) is 0 Å². The van der Waals surface area contributed by atoms with Gasteiger partial charge in [0, 0.05) is 22.1 Å². The lowest BCUT2D eigenvalue weighted by atomic mass is 10.0. The summed E-state index contributed by atoms with van der Waals surface area (Å²) in [5.41, 5.74) is 2.14. The Labute approximate surface area is 82.5 Å². The smallest absolute Gasteiger partial charge is 0.165 e. The summed E-state index contributed by atoms with van der Waals surface area (Å²) in [5.74, 6) is 0.296.